The summed E-state index contributed by atoms with van der Waals surface area (Å²) >= 11 is 0. The van der Waals surface area contributed by atoms with Crippen molar-refractivity contribution in [1.29, 1.82) is 0 Å². The molecule has 0 saturated heterocycles. The zero-order valence-corrected chi connectivity index (χ0v) is 7.80. The fourth-order valence-corrected chi connectivity index (χ4v) is 0.711. The summed E-state index contributed by atoms with van der Waals surface area (Å²) in [5.74, 6) is -4.73. The summed E-state index contributed by atoms with van der Waals surface area (Å²) in [4.78, 5) is 0. The van der Waals surface area contributed by atoms with Gasteiger partial charge >= 0.3 is 23.1 Å². The first-order valence-corrected chi connectivity index (χ1v) is 2.98. The number of hydrogen-bond donors (Lipinski definition) is 0. The minimum absolute atomic E-state index is 0. The van der Waals surface area contributed by atoms with Crippen LogP contribution < -0.4 is 15.5 Å². The Morgan fingerprint density at radius 3 is 1.69 bits per heavy atom. The van der Waals surface area contributed by atoms with Crippen LogP contribution in [0.1, 0.15) is 0 Å². The zero-order valence-electron chi connectivity index (χ0n) is 6.39. The van der Waals surface area contributed by atoms with Gasteiger partial charge in [-0.15, -0.1) is 5.46 Å². The molecule has 0 fully saturated rings. The van der Waals surface area contributed by atoms with E-state index in [0.717, 1.165) is 0 Å². The topological polar surface area (TPSA) is 46.1 Å². The predicted molar refractivity (Wildman–Crippen MR) is 37.5 cm³/mol. The van der Waals surface area contributed by atoms with Gasteiger partial charge in [0.1, 0.15) is 0 Å². The van der Waals surface area contributed by atoms with Crippen LogP contribution >= 0.6 is 0 Å². The Morgan fingerprint density at radius 1 is 1.00 bits per heavy atom. The maximum atomic E-state index is 12.3. The molecule has 1 aromatic carbocycles. The number of hydrogen-bond acceptors (Lipinski definition) is 2. The second kappa shape index (κ2) is 4.85. The Kier molecular flexibility index (Phi) is 4.76. The van der Waals surface area contributed by atoms with Crippen LogP contribution in [0.15, 0.2) is 12.1 Å². The molecule has 64 valence electrons. The average molecular weight is 198 g/mol. The van der Waals surface area contributed by atoms with Crippen molar-refractivity contribution in [2.24, 2.45) is 0 Å². The first-order valence-electron chi connectivity index (χ1n) is 2.98. The minimum atomic E-state index is -2.50. The summed E-state index contributed by atoms with van der Waals surface area (Å²) in [6.07, 6.45) is 0. The number of halogens is 3. The fraction of sp³-hybridized carbons (Fsp3) is 0. The van der Waals surface area contributed by atoms with Crippen LogP contribution in [0.4, 0.5) is 13.2 Å². The van der Waals surface area contributed by atoms with Gasteiger partial charge < -0.3 is 10.0 Å². The molecule has 2 nitrogen and oxygen atoms in total. The zero-order chi connectivity index (χ0) is 9.30. The Labute approximate surface area is 88.7 Å². The van der Waals surface area contributed by atoms with Gasteiger partial charge in [-0.2, -0.15) is 0 Å². The molecule has 0 spiro atoms. The minimum Gasteiger partial charge on any atom is -0.889 e. The van der Waals surface area contributed by atoms with Gasteiger partial charge in [0, 0.05) is 0 Å². The molecule has 0 radical (unpaired) electrons. The molecule has 0 aliphatic rings. The van der Waals surface area contributed by atoms with Crippen molar-refractivity contribution < 1.29 is 23.2 Å². The van der Waals surface area contributed by atoms with Crippen molar-refractivity contribution in [2.75, 3.05) is 0 Å². The second-order valence-electron chi connectivity index (χ2n) is 2.13. The maximum absolute atomic E-state index is 12.3. The normalized spacial score (nSPS) is 9.31. The monoisotopic (exact) mass is 198 g/mol. The first-order chi connectivity index (χ1) is 5.52. The Morgan fingerprint density at radius 2 is 1.38 bits per heavy atom. The summed E-state index contributed by atoms with van der Waals surface area (Å²) < 4.78 is 36.8. The van der Waals surface area contributed by atoms with Gasteiger partial charge in [-0.25, -0.2) is 13.2 Å². The van der Waals surface area contributed by atoms with E-state index in [4.69, 9.17) is 0 Å². The maximum Gasteiger partial charge on any atom is 2.00 e. The summed E-state index contributed by atoms with van der Waals surface area (Å²) in [6.45, 7) is 0. The second-order valence-corrected chi connectivity index (χ2v) is 2.13. The molecule has 0 unspecified atom stereocenters. The van der Waals surface area contributed by atoms with E-state index in [1.807, 2.05) is 0 Å². The molecule has 0 amide bonds. The molecule has 0 aromatic heterocycles. The van der Waals surface area contributed by atoms with Crippen LogP contribution in [0.5, 0.6) is 0 Å². The summed E-state index contributed by atoms with van der Waals surface area (Å²) in [5.41, 5.74) is -0.647. The van der Waals surface area contributed by atoms with Crippen LogP contribution in [-0.2, 0) is 0 Å². The van der Waals surface area contributed by atoms with Crippen molar-refractivity contribution in [3.8, 4) is 0 Å². The van der Waals surface area contributed by atoms with Crippen molar-refractivity contribution in [1.82, 2.24) is 0 Å². The van der Waals surface area contributed by atoms with Gasteiger partial charge in [0.2, 0.25) is 0 Å². The molecule has 0 heterocycles. The van der Waals surface area contributed by atoms with E-state index in [2.05, 4.69) is 0 Å². The number of rotatable bonds is 1. The van der Waals surface area contributed by atoms with Crippen LogP contribution in [0.3, 0.4) is 0 Å². The summed E-state index contributed by atoms with van der Waals surface area (Å²) in [5, 5.41) is 20.3. The SMILES string of the molecule is [Mg+2].[O-]B([O-])c1cc(F)c(F)c(F)c1. The van der Waals surface area contributed by atoms with Crippen LogP contribution in [-0.4, -0.2) is 30.2 Å². The third-order valence-electron chi connectivity index (χ3n) is 1.28. The predicted octanol–water partition coefficient (Wildman–Crippen LogP) is -1.86. The molecular weight excluding hydrogens is 196 g/mol. The summed E-state index contributed by atoms with van der Waals surface area (Å²) in [6, 6.07) is 0.784. The molecule has 1 aromatic rings. The largest absolute Gasteiger partial charge is 2.00 e. The van der Waals surface area contributed by atoms with E-state index in [1.165, 1.54) is 0 Å². The smallest absolute Gasteiger partial charge is 0.889 e. The van der Waals surface area contributed by atoms with Crippen molar-refractivity contribution in [2.45, 2.75) is 0 Å². The molecule has 1 rings (SSSR count). The van der Waals surface area contributed by atoms with Crippen molar-refractivity contribution in [3.05, 3.63) is 29.6 Å². The molecule has 0 saturated carbocycles. The van der Waals surface area contributed by atoms with E-state index in [0.29, 0.717) is 12.1 Å². The van der Waals surface area contributed by atoms with Gasteiger partial charge in [0.05, 0.1) is 0 Å². The molecule has 0 aliphatic heterocycles. The van der Waals surface area contributed by atoms with E-state index >= 15 is 0 Å². The fourth-order valence-electron chi connectivity index (χ4n) is 0.711. The van der Waals surface area contributed by atoms with Crippen LogP contribution in [0, 0.1) is 17.5 Å². The molecule has 0 atom stereocenters. The molecule has 0 aliphatic carbocycles. The van der Waals surface area contributed by atoms with Gasteiger partial charge in [-0.3, -0.25) is 0 Å². The van der Waals surface area contributed by atoms with E-state index in [1.54, 1.807) is 0 Å². The van der Waals surface area contributed by atoms with Gasteiger partial charge in [0.25, 0.3) is 0 Å². The number of benzene rings is 1. The Bertz CT molecular complexity index is 285. The van der Waals surface area contributed by atoms with Crippen molar-refractivity contribution in [3.63, 3.8) is 0 Å². The molecule has 13 heavy (non-hydrogen) atoms. The average Bonchev–Trinajstić information content (AvgIpc) is 1.99. The van der Waals surface area contributed by atoms with Crippen molar-refractivity contribution >= 4 is 35.6 Å². The van der Waals surface area contributed by atoms with Crippen LogP contribution in [0.2, 0.25) is 0 Å². The first kappa shape index (κ1) is 12.8. The standard InChI is InChI=1S/C6H2BF3O2.Mg/c8-4-1-3(7(11)12)2-5(9)6(4)10;/h1-2H;/q-2;+2. The quantitative estimate of drug-likeness (QED) is 0.392. The van der Waals surface area contributed by atoms with Gasteiger partial charge in [0.15, 0.2) is 17.5 Å². The molecular formula is C6H2BF3MgO2. The van der Waals surface area contributed by atoms with Gasteiger partial charge in [-0.1, -0.05) is 7.12 Å². The van der Waals surface area contributed by atoms with Gasteiger partial charge in [-0.05, 0) is 12.1 Å². The summed E-state index contributed by atoms with van der Waals surface area (Å²) in [7, 11) is -2.50. The van der Waals surface area contributed by atoms with E-state index in [-0.39, 0.29) is 23.1 Å². The molecule has 7 heteroatoms. The third-order valence-corrected chi connectivity index (χ3v) is 1.28. The van der Waals surface area contributed by atoms with E-state index < -0.39 is 30.0 Å². The van der Waals surface area contributed by atoms with Crippen LogP contribution in [0.25, 0.3) is 0 Å². The Hall–Kier alpha value is -0.239. The van der Waals surface area contributed by atoms with E-state index in [9.17, 15) is 23.2 Å². The third kappa shape index (κ3) is 2.87. The molecule has 0 N–H and O–H groups in total. The molecule has 0 bridgehead atoms. The Balaban J connectivity index is 0.00000144.